The van der Waals surface area contributed by atoms with Crippen molar-refractivity contribution in [2.24, 2.45) is 0 Å². The van der Waals surface area contributed by atoms with Crippen molar-refractivity contribution in [3.8, 4) is 0 Å². The Hall–Kier alpha value is -2.45. The van der Waals surface area contributed by atoms with Crippen molar-refractivity contribution >= 4 is 5.97 Å². The van der Waals surface area contributed by atoms with Crippen molar-refractivity contribution in [2.45, 2.75) is 12.7 Å². The number of carboxylic acid groups (broad SMARTS) is 1. The van der Waals surface area contributed by atoms with E-state index < -0.39 is 35.9 Å². The predicted molar refractivity (Wildman–Crippen MR) is 57.5 cm³/mol. The van der Waals surface area contributed by atoms with Crippen LogP contribution in [0.25, 0.3) is 0 Å². The smallest absolute Gasteiger partial charge is 0.435 e. The van der Waals surface area contributed by atoms with Crippen LogP contribution in [-0.4, -0.2) is 26.1 Å². The van der Waals surface area contributed by atoms with E-state index in [1.807, 2.05) is 0 Å². The van der Waals surface area contributed by atoms with Gasteiger partial charge in [0.25, 0.3) is 0 Å². The number of alkyl halides is 3. The fourth-order valence-electron chi connectivity index (χ4n) is 1.66. The molecule has 0 amide bonds. The summed E-state index contributed by atoms with van der Waals surface area (Å²) in [4.78, 5) is 10.7. The second-order valence-electron chi connectivity index (χ2n) is 3.88. The van der Waals surface area contributed by atoms with Crippen LogP contribution in [0.2, 0.25) is 0 Å². The summed E-state index contributed by atoms with van der Waals surface area (Å²) in [6.45, 7) is -0.438. The van der Waals surface area contributed by atoms with Gasteiger partial charge in [-0.2, -0.15) is 13.2 Å². The number of rotatable bonds is 3. The highest BCUT2D eigenvalue weighted by atomic mass is 19.4. The van der Waals surface area contributed by atoms with Crippen molar-refractivity contribution in [3.63, 3.8) is 0 Å². The molecule has 1 heterocycles. The zero-order valence-corrected chi connectivity index (χ0v) is 9.73. The highest BCUT2D eigenvalue weighted by Gasteiger charge is 2.41. The summed E-state index contributed by atoms with van der Waals surface area (Å²) in [5, 5.41) is 14.8. The van der Waals surface area contributed by atoms with Crippen LogP contribution in [0, 0.1) is 5.82 Å². The molecule has 5 nitrogen and oxygen atoms in total. The Bertz CT molecular complexity index is 651. The molecule has 0 atom stereocenters. The third-order valence-electron chi connectivity index (χ3n) is 2.43. The van der Waals surface area contributed by atoms with Crippen molar-refractivity contribution in [3.05, 3.63) is 47.0 Å². The lowest BCUT2D eigenvalue weighted by molar-refractivity contribution is -0.144. The first kappa shape index (κ1) is 14.0. The van der Waals surface area contributed by atoms with E-state index >= 15 is 0 Å². The Labute approximate surface area is 109 Å². The molecule has 1 N–H and O–H groups in total. The largest absolute Gasteiger partial charge is 0.476 e. The third kappa shape index (κ3) is 2.76. The summed E-state index contributed by atoms with van der Waals surface area (Å²) in [5.74, 6) is -2.45. The van der Waals surface area contributed by atoms with E-state index in [1.54, 1.807) is 0 Å². The second kappa shape index (κ2) is 4.91. The molecule has 20 heavy (non-hydrogen) atoms. The molecular weight excluding hydrogens is 282 g/mol. The normalized spacial score (nSPS) is 11.6. The van der Waals surface area contributed by atoms with Gasteiger partial charge in [-0.05, 0) is 17.7 Å². The molecule has 0 saturated carbocycles. The van der Waals surface area contributed by atoms with Crippen molar-refractivity contribution in [2.75, 3.05) is 0 Å². The summed E-state index contributed by atoms with van der Waals surface area (Å²) in [6, 6.07) is 4.89. The molecule has 0 saturated heterocycles. The van der Waals surface area contributed by atoms with Crippen LogP contribution in [-0.2, 0) is 12.7 Å². The molecule has 0 bridgehead atoms. The quantitative estimate of drug-likeness (QED) is 0.879. The average Bonchev–Trinajstić information content (AvgIpc) is 2.72. The van der Waals surface area contributed by atoms with Crippen LogP contribution >= 0.6 is 0 Å². The lowest BCUT2D eigenvalue weighted by Crippen LogP contribution is -2.19. The minimum atomic E-state index is -4.93. The zero-order chi connectivity index (χ0) is 14.9. The van der Waals surface area contributed by atoms with Gasteiger partial charge in [-0.3, -0.25) is 0 Å². The van der Waals surface area contributed by atoms with E-state index in [2.05, 4.69) is 10.3 Å². The molecule has 9 heteroatoms. The van der Waals surface area contributed by atoms with E-state index in [0.717, 1.165) is 12.1 Å². The van der Waals surface area contributed by atoms with Gasteiger partial charge in [-0.15, -0.1) is 5.10 Å². The standard InChI is InChI=1S/C11H7F4N3O2/c12-7-3-1-2-6(4-7)5-18-9(11(13,14)15)8(10(19)20)16-17-18/h1-4H,5H2,(H,19,20). The molecule has 0 aliphatic heterocycles. The Morgan fingerprint density at radius 3 is 2.60 bits per heavy atom. The van der Waals surface area contributed by atoms with Crippen LogP contribution in [0.3, 0.4) is 0 Å². The van der Waals surface area contributed by atoms with E-state index in [-0.39, 0.29) is 5.56 Å². The van der Waals surface area contributed by atoms with Crippen LogP contribution in [0.15, 0.2) is 24.3 Å². The minimum Gasteiger partial charge on any atom is -0.476 e. The van der Waals surface area contributed by atoms with Crippen LogP contribution in [0.5, 0.6) is 0 Å². The van der Waals surface area contributed by atoms with Gasteiger partial charge in [0.1, 0.15) is 5.82 Å². The van der Waals surface area contributed by atoms with Gasteiger partial charge >= 0.3 is 12.1 Å². The molecule has 1 aromatic heterocycles. The van der Waals surface area contributed by atoms with Gasteiger partial charge in [0.05, 0.1) is 6.54 Å². The molecular formula is C11H7F4N3O2. The Balaban J connectivity index is 2.45. The fraction of sp³-hybridized carbons (Fsp3) is 0.182. The highest BCUT2D eigenvalue weighted by Crippen LogP contribution is 2.31. The molecule has 0 fully saturated rings. The summed E-state index contributed by atoms with van der Waals surface area (Å²) in [6.07, 6.45) is -4.93. The van der Waals surface area contributed by atoms with E-state index in [0.29, 0.717) is 4.68 Å². The van der Waals surface area contributed by atoms with E-state index in [1.165, 1.54) is 12.1 Å². The van der Waals surface area contributed by atoms with E-state index in [9.17, 15) is 22.4 Å². The molecule has 0 aliphatic carbocycles. The topological polar surface area (TPSA) is 68.0 Å². The van der Waals surface area contributed by atoms with Gasteiger partial charge in [-0.25, -0.2) is 13.9 Å². The molecule has 106 valence electrons. The van der Waals surface area contributed by atoms with Gasteiger partial charge in [0.15, 0.2) is 5.69 Å². The molecule has 2 aromatic rings. The second-order valence-corrected chi connectivity index (χ2v) is 3.88. The molecule has 1 aromatic carbocycles. The van der Waals surface area contributed by atoms with E-state index in [4.69, 9.17) is 5.11 Å². The number of aromatic carboxylic acids is 1. The number of benzene rings is 1. The molecule has 2 rings (SSSR count). The van der Waals surface area contributed by atoms with Gasteiger partial charge in [0.2, 0.25) is 5.69 Å². The lowest BCUT2D eigenvalue weighted by atomic mass is 10.2. The molecule has 0 radical (unpaired) electrons. The van der Waals surface area contributed by atoms with Crippen molar-refractivity contribution < 1.29 is 27.5 Å². The fourth-order valence-corrected chi connectivity index (χ4v) is 1.66. The van der Waals surface area contributed by atoms with Crippen molar-refractivity contribution in [1.82, 2.24) is 15.0 Å². The van der Waals surface area contributed by atoms with Crippen LogP contribution < -0.4 is 0 Å². The summed E-state index contributed by atoms with van der Waals surface area (Å²) in [7, 11) is 0. The monoisotopic (exact) mass is 289 g/mol. The summed E-state index contributed by atoms with van der Waals surface area (Å²) in [5.41, 5.74) is -2.46. The van der Waals surface area contributed by atoms with Gasteiger partial charge in [0, 0.05) is 0 Å². The zero-order valence-electron chi connectivity index (χ0n) is 9.73. The number of nitrogens with zero attached hydrogens (tertiary/aromatic N) is 3. The molecule has 0 spiro atoms. The Morgan fingerprint density at radius 1 is 1.35 bits per heavy atom. The number of hydrogen-bond donors (Lipinski definition) is 1. The molecule has 0 aliphatic rings. The first-order chi connectivity index (χ1) is 9.29. The predicted octanol–water partition coefficient (Wildman–Crippen LogP) is 2.18. The number of hydrogen-bond acceptors (Lipinski definition) is 3. The number of carbonyl (C=O) groups is 1. The highest BCUT2D eigenvalue weighted by molar-refractivity contribution is 5.86. The lowest BCUT2D eigenvalue weighted by Gasteiger charge is -2.10. The average molecular weight is 289 g/mol. The number of halogens is 4. The SMILES string of the molecule is O=C(O)c1nnn(Cc2cccc(F)c2)c1C(F)(F)F. The Morgan fingerprint density at radius 2 is 2.05 bits per heavy atom. The molecule has 0 unspecified atom stereocenters. The maximum atomic E-state index is 13.0. The minimum absolute atomic E-state index is 0.206. The number of aromatic nitrogens is 3. The van der Waals surface area contributed by atoms with Gasteiger partial charge in [-0.1, -0.05) is 17.3 Å². The van der Waals surface area contributed by atoms with Gasteiger partial charge < -0.3 is 5.11 Å². The maximum absolute atomic E-state index is 13.0. The Kier molecular flexibility index (Phi) is 3.43. The maximum Gasteiger partial charge on any atom is 0.435 e. The van der Waals surface area contributed by atoms with Crippen LogP contribution in [0.1, 0.15) is 21.7 Å². The van der Waals surface area contributed by atoms with Crippen LogP contribution in [0.4, 0.5) is 17.6 Å². The first-order valence-corrected chi connectivity index (χ1v) is 5.27. The first-order valence-electron chi connectivity index (χ1n) is 5.27. The summed E-state index contributed by atoms with van der Waals surface area (Å²) >= 11 is 0. The van der Waals surface area contributed by atoms with Crippen molar-refractivity contribution in [1.29, 1.82) is 0 Å². The number of carboxylic acids is 1. The summed E-state index contributed by atoms with van der Waals surface area (Å²) < 4.78 is 51.9. The third-order valence-corrected chi connectivity index (χ3v) is 2.43.